The molecule has 0 aliphatic carbocycles. The molecule has 0 unspecified atom stereocenters. The van der Waals surface area contributed by atoms with E-state index in [1.54, 1.807) is 0 Å². The zero-order valence-electron chi connectivity index (χ0n) is 17.5. The van der Waals surface area contributed by atoms with Gasteiger partial charge in [-0.1, -0.05) is 66.2 Å². The number of Topliss-reactive ketones (excluding diaryl/α,β-unsaturated/α-hetero) is 1. The lowest BCUT2D eigenvalue weighted by atomic mass is 10.0. The lowest BCUT2D eigenvalue weighted by Gasteiger charge is -2.08. The molecule has 0 aliphatic rings. The van der Waals surface area contributed by atoms with Crippen LogP contribution in [0.25, 0.3) is 11.0 Å². The molecule has 3 aromatic carbocycles. The van der Waals surface area contributed by atoms with E-state index < -0.39 is 0 Å². The summed E-state index contributed by atoms with van der Waals surface area (Å²) in [5, 5.41) is 2.90. The number of hydrogen-bond acceptors (Lipinski definition) is 3. The Morgan fingerprint density at radius 1 is 0.871 bits per heavy atom. The fourth-order valence-electron chi connectivity index (χ4n) is 3.50. The third-order valence-electron chi connectivity index (χ3n) is 5.35. The second-order valence-electron chi connectivity index (χ2n) is 7.74. The zero-order chi connectivity index (χ0) is 21.6. The summed E-state index contributed by atoms with van der Waals surface area (Å²) in [5.74, 6) is -0.124. The highest BCUT2D eigenvalue weighted by molar-refractivity contribution is 5.97. The van der Waals surface area contributed by atoms with E-state index in [0.29, 0.717) is 12.1 Å². The van der Waals surface area contributed by atoms with E-state index in [-0.39, 0.29) is 24.5 Å². The van der Waals surface area contributed by atoms with Gasteiger partial charge in [0.2, 0.25) is 5.91 Å². The average Bonchev–Trinajstić information content (AvgIpc) is 3.20. The summed E-state index contributed by atoms with van der Waals surface area (Å²) in [4.78, 5) is 28.8. The SMILES string of the molecule is Cc1ccc(C(=O)CCC(=O)NCc2ccc(Cn3cnc4ccccc43)cc2)cc1. The number of rotatable bonds is 8. The first-order valence-corrected chi connectivity index (χ1v) is 10.4. The van der Waals surface area contributed by atoms with Crippen LogP contribution in [0, 0.1) is 6.92 Å². The standard InChI is InChI=1S/C26H25N3O2/c1-19-6-12-22(13-7-19)25(30)14-15-26(31)27-16-20-8-10-21(11-9-20)17-29-18-28-23-4-2-3-5-24(23)29/h2-13,18H,14-17H2,1H3,(H,27,31). The smallest absolute Gasteiger partial charge is 0.220 e. The van der Waals surface area contributed by atoms with Gasteiger partial charge in [0, 0.05) is 31.5 Å². The first-order valence-electron chi connectivity index (χ1n) is 10.4. The van der Waals surface area contributed by atoms with Crippen LogP contribution in [-0.2, 0) is 17.9 Å². The molecule has 0 saturated carbocycles. The Hall–Kier alpha value is -3.73. The second kappa shape index (κ2) is 9.39. The van der Waals surface area contributed by atoms with E-state index in [0.717, 1.165) is 28.7 Å². The van der Waals surface area contributed by atoms with Crippen molar-refractivity contribution in [1.29, 1.82) is 0 Å². The Kier molecular flexibility index (Phi) is 6.22. The van der Waals surface area contributed by atoms with Crippen LogP contribution in [0.3, 0.4) is 0 Å². The molecule has 4 rings (SSSR count). The van der Waals surface area contributed by atoms with Crippen LogP contribution >= 0.6 is 0 Å². The molecule has 31 heavy (non-hydrogen) atoms. The van der Waals surface area contributed by atoms with Crippen molar-refractivity contribution in [3.8, 4) is 0 Å². The maximum Gasteiger partial charge on any atom is 0.220 e. The highest BCUT2D eigenvalue weighted by atomic mass is 16.2. The van der Waals surface area contributed by atoms with Crippen molar-refractivity contribution in [3.05, 3.63) is 101 Å². The van der Waals surface area contributed by atoms with Crippen LogP contribution in [0.15, 0.2) is 79.1 Å². The molecule has 1 aromatic heterocycles. The van der Waals surface area contributed by atoms with Gasteiger partial charge in [-0.15, -0.1) is 0 Å². The van der Waals surface area contributed by atoms with Crippen molar-refractivity contribution in [3.63, 3.8) is 0 Å². The van der Waals surface area contributed by atoms with Crippen LogP contribution in [0.5, 0.6) is 0 Å². The number of benzene rings is 3. The number of carbonyl (C=O) groups is 2. The molecule has 0 radical (unpaired) electrons. The zero-order valence-corrected chi connectivity index (χ0v) is 17.5. The molecular weight excluding hydrogens is 386 g/mol. The summed E-state index contributed by atoms with van der Waals surface area (Å²) in [6, 6.07) is 23.7. The van der Waals surface area contributed by atoms with Crippen LogP contribution in [0.1, 0.15) is 39.9 Å². The molecule has 4 aromatic rings. The van der Waals surface area contributed by atoms with E-state index in [4.69, 9.17) is 0 Å². The lowest BCUT2D eigenvalue weighted by molar-refractivity contribution is -0.121. The number of imidazole rings is 1. The van der Waals surface area contributed by atoms with Crippen molar-refractivity contribution in [1.82, 2.24) is 14.9 Å². The van der Waals surface area contributed by atoms with Crippen molar-refractivity contribution >= 4 is 22.7 Å². The minimum atomic E-state index is -0.116. The van der Waals surface area contributed by atoms with Crippen molar-refractivity contribution < 1.29 is 9.59 Å². The average molecular weight is 412 g/mol. The summed E-state index contributed by atoms with van der Waals surface area (Å²) in [5.41, 5.74) is 6.06. The van der Waals surface area contributed by atoms with Gasteiger partial charge in [-0.05, 0) is 30.2 Å². The summed E-state index contributed by atoms with van der Waals surface area (Å²) >= 11 is 0. The van der Waals surface area contributed by atoms with Crippen LogP contribution in [0.4, 0.5) is 0 Å². The van der Waals surface area contributed by atoms with E-state index in [1.165, 1.54) is 5.56 Å². The van der Waals surface area contributed by atoms with Crippen LogP contribution in [-0.4, -0.2) is 21.2 Å². The Bertz CT molecular complexity index is 1190. The van der Waals surface area contributed by atoms with Gasteiger partial charge in [-0.2, -0.15) is 0 Å². The molecule has 1 N–H and O–H groups in total. The number of hydrogen-bond donors (Lipinski definition) is 1. The highest BCUT2D eigenvalue weighted by Gasteiger charge is 2.09. The van der Waals surface area contributed by atoms with Crippen LogP contribution < -0.4 is 5.32 Å². The number of aromatic nitrogens is 2. The number of aryl methyl sites for hydroxylation is 1. The normalized spacial score (nSPS) is 10.9. The fraction of sp³-hybridized carbons (Fsp3) is 0.192. The van der Waals surface area contributed by atoms with E-state index in [9.17, 15) is 9.59 Å². The monoisotopic (exact) mass is 411 g/mol. The molecule has 156 valence electrons. The Morgan fingerprint density at radius 3 is 2.35 bits per heavy atom. The minimum absolute atomic E-state index is 0.00784. The molecule has 0 saturated heterocycles. The maximum absolute atomic E-state index is 12.2. The van der Waals surface area contributed by atoms with Gasteiger partial charge < -0.3 is 9.88 Å². The number of nitrogens with one attached hydrogen (secondary N) is 1. The van der Waals surface area contributed by atoms with E-state index in [1.807, 2.05) is 67.8 Å². The molecule has 0 fully saturated rings. The lowest BCUT2D eigenvalue weighted by Crippen LogP contribution is -2.23. The molecule has 0 atom stereocenters. The number of nitrogens with zero attached hydrogens (tertiary/aromatic N) is 2. The summed E-state index contributed by atoms with van der Waals surface area (Å²) < 4.78 is 2.12. The fourth-order valence-corrected chi connectivity index (χ4v) is 3.50. The number of ketones is 1. The molecule has 0 bridgehead atoms. The first kappa shape index (κ1) is 20.5. The Balaban J connectivity index is 1.25. The predicted octanol–water partition coefficient (Wildman–Crippen LogP) is 4.67. The molecule has 0 aliphatic heterocycles. The molecule has 1 amide bonds. The Labute approximate surface area is 181 Å². The number of carbonyl (C=O) groups excluding carboxylic acids is 2. The second-order valence-corrected chi connectivity index (χ2v) is 7.74. The van der Waals surface area contributed by atoms with Gasteiger partial charge in [0.05, 0.1) is 17.4 Å². The van der Waals surface area contributed by atoms with Crippen molar-refractivity contribution in [2.75, 3.05) is 0 Å². The van der Waals surface area contributed by atoms with Gasteiger partial charge >= 0.3 is 0 Å². The van der Waals surface area contributed by atoms with E-state index in [2.05, 4.69) is 33.1 Å². The van der Waals surface area contributed by atoms with Crippen molar-refractivity contribution in [2.45, 2.75) is 32.9 Å². The summed E-state index contributed by atoms with van der Waals surface area (Å²) in [7, 11) is 0. The Morgan fingerprint density at radius 2 is 1.58 bits per heavy atom. The maximum atomic E-state index is 12.2. The van der Waals surface area contributed by atoms with Gasteiger partial charge in [0.25, 0.3) is 0 Å². The van der Waals surface area contributed by atoms with E-state index >= 15 is 0 Å². The molecule has 0 spiro atoms. The summed E-state index contributed by atoms with van der Waals surface area (Å²) in [6.07, 6.45) is 2.27. The topological polar surface area (TPSA) is 64.0 Å². The van der Waals surface area contributed by atoms with Crippen LogP contribution in [0.2, 0.25) is 0 Å². The molecule has 5 heteroatoms. The molecular formula is C26H25N3O2. The molecule has 5 nitrogen and oxygen atoms in total. The third-order valence-corrected chi connectivity index (χ3v) is 5.35. The number of para-hydroxylation sites is 2. The third kappa shape index (κ3) is 5.25. The minimum Gasteiger partial charge on any atom is -0.352 e. The van der Waals surface area contributed by atoms with Gasteiger partial charge in [0.1, 0.15) is 0 Å². The number of amides is 1. The first-order chi connectivity index (χ1) is 15.1. The molecule has 1 heterocycles. The van der Waals surface area contributed by atoms with Crippen molar-refractivity contribution in [2.24, 2.45) is 0 Å². The van der Waals surface area contributed by atoms with Gasteiger partial charge in [-0.3, -0.25) is 9.59 Å². The van der Waals surface area contributed by atoms with Gasteiger partial charge in [0.15, 0.2) is 5.78 Å². The predicted molar refractivity (Wildman–Crippen MR) is 122 cm³/mol. The number of fused-ring (bicyclic) bond motifs is 1. The quantitative estimate of drug-likeness (QED) is 0.429. The van der Waals surface area contributed by atoms with Gasteiger partial charge in [-0.25, -0.2) is 4.98 Å². The summed E-state index contributed by atoms with van der Waals surface area (Å²) in [6.45, 7) is 3.17. The highest BCUT2D eigenvalue weighted by Crippen LogP contribution is 2.15. The largest absolute Gasteiger partial charge is 0.352 e.